The van der Waals surface area contributed by atoms with Gasteiger partial charge in [-0.3, -0.25) is 25.2 Å². The summed E-state index contributed by atoms with van der Waals surface area (Å²) in [5.74, 6) is -1.69. The van der Waals surface area contributed by atoms with Crippen LogP contribution in [0.3, 0.4) is 0 Å². The lowest BCUT2D eigenvalue weighted by atomic mass is 10.0. The van der Waals surface area contributed by atoms with Gasteiger partial charge in [-0.25, -0.2) is 0 Å². The first-order chi connectivity index (χ1) is 13.8. The van der Waals surface area contributed by atoms with Gasteiger partial charge in [0.1, 0.15) is 5.58 Å². The van der Waals surface area contributed by atoms with E-state index in [9.17, 15) is 14.4 Å². The van der Waals surface area contributed by atoms with Crippen LogP contribution in [0.2, 0.25) is 0 Å². The lowest BCUT2D eigenvalue weighted by Gasteiger charge is -2.08. The molecule has 0 aliphatic heterocycles. The molecular formula is C21H19BrN2O5. The monoisotopic (exact) mass is 458 g/mol. The van der Waals surface area contributed by atoms with Crippen LogP contribution >= 0.6 is 15.9 Å². The number of aryl methyl sites for hydroxylation is 2. The Kier molecular flexibility index (Phi) is 6.33. The first-order valence-electron chi connectivity index (χ1n) is 8.81. The smallest absolute Gasteiger partial charge is 0.310 e. The topological polar surface area (TPSA) is 97.6 Å². The number of hydrazine groups is 1. The number of carbonyl (C=O) groups is 3. The highest BCUT2D eigenvalue weighted by molar-refractivity contribution is 9.10. The van der Waals surface area contributed by atoms with E-state index < -0.39 is 24.4 Å². The van der Waals surface area contributed by atoms with Crippen molar-refractivity contribution in [2.75, 3.05) is 6.61 Å². The zero-order valence-electron chi connectivity index (χ0n) is 15.9. The van der Waals surface area contributed by atoms with Gasteiger partial charge in [0.2, 0.25) is 0 Å². The Bertz CT molecular complexity index is 1070. The number of nitrogens with one attached hydrogen (secondary N) is 2. The second-order valence-corrected chi connectivity index (χ2v) is 7.46. The molecule has 1 heterocycles. The molecule has 0 fully saturated rings. The van der Waals surface area contributed by atoms with Gasteiger partial charge in [-0.05, 0) is 61.4 Å². The molecule has 0 saturated carbocycles. The summed E-state index contributed by atoms with van der Waals surface area (Å²) in [6.07, 6.45) is 1.50. The average molecular weight is 459 g/mol. The Hall–Kier alpha value is -3.13. The summed E-state index contributed by atoms with van der Waals surface area (Å²) in [6, 6.07) is 10.5. The summed E-state index contributed by atoms with van der Waals surface area (Å²) in [5.41, 5.74) is 8.43. The van der Waals surface area contributed by atoms with Crippen molar-refractivity contribution < 1.29 is 23.5 Å². The van der Waals surface area contributed by atoms with Gasteiger partial charge in [0.25, 0.3) is 11.8 Å². The third-order valence-electron chi connectivity index (χ3n) is 4.39. The third kappa shape index (κ3) is 5.23. The van der Waals surface area contributed by atoms with E-state index in [1.807, 2.05) is 26.0 Å². The molecule has 3 rings (SSSR count). The molecule has 2 N–H and O–H groups in total. The number of ether oxygens (including phenoxy) is 1. The number of benzene rings is 2. The lowest BCUT2D eigenvalue weighted by molar-refractivity contribution is -0.148. The molecule has 7 nitrogen and oxygen atoms in total. The van der Waals surface area contributed by atoms with Crippen LogP contribution in [0.15, 0.2) is 51.6 Å². The molecule has 0 saturated heterocycles. The maximum absolute atomic E-state index is 12.1. The zero-order chi connectivity index (χ0) is 21.0. The molecule has 2 aromatic carbocycles. The fraction of sp³-hybridized carbons (Fsp3) is 0.190. The quantitative estimate of drug-likeness (QED) is 0.451. The molecule has 0 atom stereocenters. The van der Waals surface area contributed by atoms with E-state index in [-0.39, 0.29) is 6.42 Å². The Morgan fingerprint density at radius 2 is 1.72 bits per heavy atom. The van der Waals surface area contributed by atoms with Crippen LogP contribution in [-0.2, 0) is 20.7 Å². The van der Waals surface area contributed by atoms with E-state index in [4.69, 9.17) is 9.15 Å². The summed E-state index contributed by atoms with van der Waals surface area (Å²) < 4.78 is 11.3. The van der Waals surface area contributed by atoms with E-state index in [1.54, 1.807) is 24.3 Å². The van der Waals surface area contributed by atoms with Crippen LogP contribution in [0.4, 0.5) is 0 Å². The van der Waals surface area contributed by atoms with Crippen molar-refractivity contribution in [2.45, 2.75) is 20.3 Å². The first-order valence-corrected chi connectivity index (χ1v) is 9.60. The molecule has 1 aromatic heterocycles. The van der Waals surface area contributed by atoms with Crippen molar-refractivity contribution in [1.82, 2.24) is 10.9 Å². The maximum atomic E-state index is 12.1. The Balaban J connectivity index is 1.48. The first kappa shape index (κ1) is 20.6. The van der Waals surface area contributed by atoms with Gasteiger partial charge < -0.3 is 9.15 Å². The molecule has 3 aromatic rings. The molecule has 150 valence electrons. The van der Waals surface area contributed by atoms with E-state index in [1.165, 1.54) is 6.26 Å². The number of fused-ring (bicyclic) bond motifs is 1. The van der Waals surface area contributed by atoms with E-state index in [0.29, 0.717) is 16.7 Å². The minimum atomic E-state index is -0.646. The second kappa shape index (κ2) is 8.91. The summed E-state index contributed by atoms with van der Waals surface area (Å²) >= 11 is 3.28. The Morgan fingerprint density at radius 1 is 1.03 bits per heavy atom. The second-order valence-electron chi connectivity index (χ2n) is 6.54. The van der Waals surface area contributed by atoms with Crippen LogP contribution in [-0.4, -0.2) is 24.4 Å². The fourth-order valence-corrected chi connectivity index (χ4v) is 2.93. The van der Waals surface area contributed by atoms with Crippen LogP contribution in [0, 0.1) is 13.8 Å². The SMILES string of the molecule is Cc1cc2occ(CC(=O)OCC(=O)NNC(=O)c3ccc(Br)cc3)c2cc1C. The van der Waals surface area contributed by atoms with Gasteiger partial charge in [-0.2, -0.15) is 0 Å². The van der Waals surface area contributed by atoms with E-state index in [2.05, 4.69) is 26.8 Å². The molecular weight excluding hydrogens is 440 g/mol. The van der Waals surface area contributed by atoms with E-state index >= 15 is 0 Å². The van der Waals surface area contributed by atoms with Gasteiger partial charge >= 0.3 is 5.97 Å². The molecule has 29 heavy (non-hydrogen) atoms. The molecule has 0 radical (unpaired) electrons. The van der Waals surface area contributed by atoms with Crippen LogP contribution < -0.4 is 10.9 Å². The number of amides is 2. The van der Waals surface area contributed by atoms with Crippen molar-refractivity contribution in [1.29, 1.82) is 0 Å². The largest absolute Gasteiger partial charge is 0.464 e. The van der Waals surface area contributed by atoms with Gasteiger partial charge in [0.05, 0.1) is 12.7 Å². The Morgan fingerprint density at radius 3 is 2.45 bits per heavy atom. The number of carbonyl (C=O) groups excluding carboxylic acids is 3. The van der Waals surface area contributed by atoms with Crippen molar-refractivity contribution in [3.8, 4) is 0 Å². The summed E-state index contributed by atoms with van der Waals surface area (Å²) in [4.78, 5) is 35.8. The van der Waals surface area contributed by atoms with Crippen LogP contribution in [0.25, 0.3) is 11.0 Å². The summed E-state index contributed by atoms with van der Waals surface area (Å²) in [6.45, 7) is 3.46. The normalized spacial score (nSPS) is 10.6. The lowest BCUT2D eigenvalue weighted by Crippen LogP contribution is -2.43. The minimum absolute atomic E-state index is 0.0198. The van der Waals surface area contributed by atoms with Gasteiger partial charge in [-0.15, -0.1) is 0 Å². The molecule has 0 unspecified atom stereocenters. The molecule has 0 bridgehead atoms. The predicted molar refractivity (Wildman–Crippen MR) is 110 cm³/mol. The fourth-order valence-electron chi connectivity index (χ4n) is 2.66. The standard InChI is InChI=1S/C21H19BrN2O5/c1-12-7-17-15(10-28-18(17)8-13(12)2)9-20(26)29-11-19(25)23-24-21(27)14-3-5-16(22)6-4-14/h3-8,10H,9,11H2,1-2H3,(H,23,25)(H,24,27). The third-order valence-corrected chi connectivity index (χ3v) is 4.92. The minimum Gasteiger partial charge on any atom is -0.464 e. The molecule has 0 spiro atoms. The summed E-state index contributed by atoms with van der Waals surface area (Å²) in [7, 11) is 0. The summed E-state index contributed by atoms with van der Waals surface area (Å²) in [5, 5.41) is 0.844. The Labute approximate surface area is 175 Å². The highest BCUT2D eigenvalue weighted by atomic mass is 79.9. The van der Waals surface area contributed by atoms with Crippen molar-refractivity contribution in [2.24, 2.45) is 0 Å². The number of hydrogen-bond acceptors (Lipinski definition) is 5. The van der Waals surface area contributed by atoms with Crippen LogP contribution in [0.1, 0.15) is 27.0 Å². The number of halogens is 1. The number of esters is 1. The van der Waals surface area contributed by atoms with Crippen molar-refractivity contribution in [3.63, 3.8) is 0 Å². The highest BCUT2D eigenvalue weighted by Crippen LogP contribution is 2.25. The average Bonchev–Trinajstić information content (AvgIpc) is 3.06. The van der Waals surface area contributed by atoms with Crippen molar-refractivity contribution >= 4 is 44.7 Å². The molecule has 2 amide bonds. The van der Waals surface area contributed by atoms with Gasteiger partial charge in [0, 0.05) is 21.0 Å². The van der Waals surface area contributed by atoms with Crippen molar-refractivity contribution in [3.05, 3.63) is 69.4 Å². The number of furan rings is 1. The van der Waals surface area contributed by atoms with Gasteiger partial charge in [0.15, 0.2) is 6.61 Å². The van der Waals surface area contributed by atoms with E-state index in [0.717, 1.165) is 21.0 Å². The highest BCUT2D eigenvalue weighted by Gasteiger charge is 2.14. The van der Waals surface area contributed by atoms with Crippen LogP contribution in [0.5, 0.6) is 0 Å². The molecule has 0 aliphatic rings. The zero-order valence-corrected chi connectivity index (χ0v) is 17.5. The number of rotatable bonds is 5. The predicted octanol–water partition coefficient (Wildman–Crippen LogP) is 3.36. The number of hydrogen-bond donors (Lipinski definition) is 2. The van der Waals surface area contributed by atoms with Gasteiger partial charge in [-0.1, -0.05) is 15.9 Å². The molecule has 8 heteroatoms. The maximum Gasteiger partial charge on any atom is 0.310 e. The molecule has 0 aliphatic carbocycles.